The molecule has 0 radical (unpaired) electrons. The van der Waals surface area contributed by atoms with Gasteiger partial charge in [-0.1, -0.05) is 17.4 Å². The Morgan fingerprint density at radius 3 is 2.59 bits per heavy atom. The van der Waals surface area contributed by atoms with Gasteiger partial charge in [-0.25, -0.2) is 4.98 Å². The normalized spacial score (nSPS) is 11.2. The fourth-order valence-electron chi connectivity index (χ4n) is 3.16. The van der Waals surface area contributed by atoms with Crippen molar-refractivity contribution in [3.63, 3.8) is 0 Å². The van der Waals surface area contributed by atoms with Crippen molar-refractivity contribution in [1.29, 1.82) is 0 Å². The molecule has 32 heavy (non-hydrogen) atoms. The highest BCUT2D eigenvalue weighted by Crippen LogP contribution is 2.32. The van der Waals surface area contributed by atoms with Crippen molar-refractivity contribution in [2.24, 2.45) is 0 Å². The number of aryl methyl sites for hydroxylation is 2. The Labute approximate surface area is 188 Å². The van der Waals surface area contributed by atoms with Gasteiger partial charge in [0, 0.05) is 30.6 Å². The summed E-state index contributed by atoms with van der Waals surface area (Å²) in [5.74, 6) is -0.236. The SMILES string of the molecule is Cc1cc2nc(N(Cc3cccnc3)C(=O)/C=C/c3ccc([N+](=O)[O-])cc3)sc2cc1C. The van der Waals surface area contributed by atoms with Crippen LogP contribution in [0.1, 0.15) is 22.3 Å². The molecular formula is C24H20N4O3S. The molecule has 0 aliphatic heterocycles. The molecule has 8 heteroatoms. The average Bonchev–Trinajstić information content (AvgIpc) is 3.19. The van der Waals surface area contributed by atoms with E-state index >= 15 is 0 Å². The molecule has 0 N–H and O–H groups in total. The molecule has 0 spiro atoms. The van der Waals surface area contributed by atoms with Crippen LogP contribution in [0.25, 0.3) is 16.3 Å². The summed E-state index contributed by atoms with van der Waals surface area (Å²) >= 11 is 1.47. The number of nitro benzene ring substituents is 1. The van der Waals surface area contributed by atoms with Crippen molar-refractivity contribution < 1.29 is 9.72 Å². The standard InChI is InChI=1S/C24H20N4O3S/c1-16-12-21-22(13-17(16)2)32-24(26-21)27(15-19-4-3-11-25-14-19)23(29)10-7-18-5-8-20(9-6-18)28(30)31/h3-14H,15H2,1-2H3/b10-7+. The first kappa shape index (κ1) is 21.3. The number of non-ortho nitro benzene ring substituents is 1. The third-order valence-electron chi connectivity index (χ3n) is 5.08. The highest BCUT2D eigenvalue weighted by molar-refractivity contribution is 7.22. The summed E-state index contributed by atoms with van der Waals surface area (Å²) in [6.07, 6.45) is 6.51. The number of amides is 1. The average molecular weight is 445 g/mol. The van der Waals surface area contributed by atoms with Crippen molar-refractivity contribution in [3.8, 4) is 0 Å². The second kappa shape index (κ2) is 9.07. The monoisotopic (exact) mass is 444 g/mol. The lowest BCUT2D eigenvalue weighted by atomic mass is 10.1. The van der Waals surface area contributed by atoms with Crippen LogP contribution in [0, 0.1) is 24.0 Å². The number of nitro groups is 1. The fraction of sp³-hybridized carbons (Fsp3) is 0.125. The molecule has 0 atom stereocenters. The van der Waals surface area contributed by atoms with E-state index in [0.717, 1.165) is 21.3 Å². The lowest BCUT2D eigenvalue weighted by Crippen LogP contribution is -2.28. The predicted octanol–water partition coefficient (Wildman–Crippen LogP) is 5.46. The van der Waals surface area contributed by atoms with E-state index in [2.05, 4.69) is 18.0 Å². The number of hydrogen-bond acceptors (Lipinski definition) is 6. The van der Waals surface area contributed by atoms with Crippen molar-refractivity contribution >= 4 is 44.4 Å². The van der Waals surface area contributed by atoms with Crippen LogP contribution in [0.15, 0.2) is 67.0 Å². The van der Waals surface area contributed by atoms with E-state index in [-0.39, 0.29) is 11.6 Å². The lowest BCUT2D eigenvalue weighted by molar-refractivity contribution is -0.384. The van der Waals surface area contributed by atoms with Crippen LogP contribution in [0.2, 0.25) is 0 Å². The quantitative estimate of drug-likeness (QED) is 0.224. The third kappa shape index (κ3) is 4.70. The first-order valence-electron chi connectivity index (χ1n) is 9.91. The van der Waals surface area contributed by atoms with Crippen LogP contribution < -0.4 is 4.90 Å². The van der Waals surface area contributed by atoms with Crippen LogP contribution in [0.5, 0.6) is 0 Å². The number of nitrogens with zero attached hydrogens (tertiary/aromatic N) is 4. The molecule has 0 saturated heterocycles. The topological polar surface area (TPSA) is 89.2 Å². The molecule has 2 aromatic carbocycles. The molecule has 0 aliphatic rings. The van der Waals surface area contributed by atoms with E-state index in [1.165, 1.54) is 35.1 Å². The number of carbonyl (C=O) groups is 1. The molecule has 2 aromatic heterocycles. The largest absolute Gasteiger partial charge is 0.280 e. The summed E-state index contributed by atoms with van der Waals surface area (Å²) in [6.45, 7) is 4.42. The van der Waals surface area contributed by atoms with E-state index < -0.39 is 4.92 Å². The Bertz CT molecular complexity index is 1280. The van der Waals surface area contributed by atoms with Crippen LogP contribution in [-0.2, 0) is 11.3 Å². The zero-order valence-electron chi connectivity index (χ0n) is 17.6. The maximum Gasteiger partial charge on any atom is 0.269 e. The first-order valence-corrected chi connectivity index (χ1v) is 10.7. The molecule has 2 heterocycles. The number of anilines is 1. The number of rotatable bonds is 6. The number of fused-ring (bicyclic) bond motifs is 1. The molecule has 0 fully saturated rings. The minimum Gasteiger partial charge on any atom is -0.280 e. The second-order valence-corrected chi connectivity index (χ2v) is 8.38. The van der Waals surface area contributed by atoms with Gasteiger partial charge in [-0.05, 0) is 72.5 Å². The van der Waals surface area contributed by atoms with E-state index in [1.54, 1.807) is 35.5 Å². The smallest absolute Gasteiger partial charge is 0.269 e. The molecule has 0 aliphatic carbocycles. The number of pyridine rings is 1. The molecule has 0 saturated carbocycles. The van der Waals surface area contributed by atoms with Gasteiger partial charge in [-0.3, -0.25) is 24.8 Å². The zero-order valence-corrected chi connectivity index (χ0v) is 18.4. The Kier molecular flexibility index (Phi) is 6.04. The summed E-state index contributed by atoms with van der Waals surface area (Å²) < 4.78 is 1.02. The van der Waals surface area contributed by atoms with Gasteiger partial charge in [0.2, 0.25) is 0 Å². The highest BCUT2D eigenvalue weighted by atomic mass is 32.1. The van der Waals surface area contributed by atoms with Gasteiger partial charge in [0.25, 0.3) is 11.6 Å². The van der Waals surface area contributed by atoms with E-state index in [0.29, 0.717) is 17.2 Å². The number of thiazole rings is 1. The maximum absolute atomic E-state index is 13.2. The molecular weight excluding hydrogens is 424 g/mol. The summed E-state index contributed by atoms with van der Waals surface area (Å²) in [6, 6.07) is 13.9. The van der Waals surface area contributed by atoms with Gasteiger partial charge in [0.15, 0.2) is 5.13 Å². The van der Waals surface area contributed by atoms with Gasteiger partial charge in [0.1, 0.15) is 0 Å². The molecule has 160 valence electrons. The fourth-order valence-corrected chi connectivity index (χ4v) is 4.21. The minimum atomic E-state index is -0.454. The zero-order chi connectivity index (χ0) is 22.7. The summed E-state index contributed by atoms with van der Waals surface area (Å²) in [7, 11) is 0. The van der Waals surface area contributed by atoms with E-state index in [1.807, 2.05) is 25.1 Å². The summed E-state index contributed by atoms with van der Waals surface area (Å²) in [5.41, 5.74) is 4.77. The van der Waals surface area contributed by atoms with Crippen LogP contribution >= 0.6 is 11.3 Å². The molecule has 0 unspecified atom stereocenters. The number of hydrogen-bond donors (Lipinski definition) is 0. The van der Waals surface area contributed by atoms with Gasteiger partial charge in [0.05, 0.1) is 21.7 Å². The lowest BCUT2D eigenvalue weighted by Gasteiger charge is -2.18. The number of carbonyl (C=O) groups excluding carboxylic acids is 1. The Morgan fingerprint density at radius 1 is 1.16 bits per heavy atom. The second-order valence-electron chi connectivity index (χ2n) is 7.37. The maximum atomic E-state index is 13.2. The molecule has 4 aromatic rings. The van der Waals surface area contributed by atoms with Crippen LogP contribution in [0.3, 0.4) is 0 Å². The van der Waals surface area contributed by atoms with Crippen molar-refractivity contribution in [2.45, 2.75) is 20.4 Å². The summed E-state index contributed by atoms with van der Waals surface area (Å²) in [4.78, 5) is 34.0. The predicted molar refractivity (Wildman–Crippen MR) is 127 cm³/mol. The number of benzene rings is 2. The molecule has 1 amide bonds. The molecule has 4 rings (SSSR count). The Balaban J connectivity index is 1.65. The van der Waals surface area contributed by atoms with Gasteiger partial charge >= 0.3 is 0 Å². The minimum absolute atomic E-state index is 0.00624. The Morgan fingerprint density at radius 2 is 1.91 bits per heavy atom. The van der Waals surface area contributed by atoms with Crippen molar-refractivity contribution in [2.75, 3.05) is 4.90 Å². The van der Waals surface area contributed by atoms with Gasteiger partial charge < -0.3 is 0 Å². The van der Waals surface area contributed by atoms with E-state index in [9.17, 15) is 14.9 Å². The highest BCUT2D eigenvalue weighted by Gasteiger charge is 2.19. The van der Waals surface area contributed by atoms with Crippen molar-refractivity contribution in [3.05, 3.63) is 99.4 Å². The van der Waals surface area contributed by atoms with Gasteiger partial charge in [-0.2, -0.15) is 0 Å². The summed E-state index contributed by atoms with van der Waals surface area (Å²) in [5, 5.41) is 11.4. The number of aromatic nitrogens is 2. The Hall–Kier alpha value is -3.91. The molecule has 0 bridgehead atoms. The van der Waals surface area contributed by atoms with E-state index in [4.69, 9.17) is 4.98 Å². The van der Waals surface area contributed by atoms with Crippen molar-refractivity contribution in [1.82, 2.24) is 9.97 Å². The van der Waals surface area contributed by atoms with Gasteiger partial charge in [-0.15, -0.1) is 0 Å². The molecule has 7 nitrogen and oxygen atoms in total. The first-order chi connectivity index (χ1) is 15.4. The van der Waals surface area contributed by atoms with Crippen LogP contribution in [-0.4, -0.2) is 20.8 Å². The third-order valence-corrected chi connectivity index (χ3v) is 6.12. The van der Waals surface area contributed by atoms with Crippen LogP contribution in [0.4, 0.5) is 10.8 Å².